The third-order valence-corrected chi connectivity index (χ3v) is 3.04. The van der Waals surface area contributed by atoms with Gasteiger partial charge >= 0.3 is 0 Å². The Balaban J connectivity index is 2.53. The number of carbonyl (C=O) groups excluding carboxylic acids is 2. The van der Waals surface area contributed by atoms with Crippen molar-refractivity contribution >= 4 is 11.8 Å². The van der Waals surface area contributed by atoms with Crippen molar-refractivity contribution in [2.24, 2.45) is 0 Å². The van der Waals surface area contributed by atoms with Crippen LogP contribution in [0.25, 0.3) is 0 Å². The van der Waals surface area contributed by atoms with Crippen LogP contribution in [0.3, 0.4) is 0 Å². The minimum atomic E-state index is -0.528. The molecule has 0 bridgehead atoms. The highest BCUT2D eigenvalue weighted by atomic mass is 16.2. The maximum Gasteiger partial charge on any atom is 0.242 e. The number of hydrogen-bond donors (Lipinski definition) is 2. The molecule has 5 nitrogen and oxygen atoms in total. The highest BCUT2D eigenvalue weighted by Crippen LogP contribution is 2.15. The summed E-state index contributed by atoms with van der Waals surface area (Å²) in [6.45, 7) is 9.38. The molecule has 0 aromatic rings. The molecule has 1 unspecified atom stereocenters. The van der Waals surface area contributed by atoms with Crippen molar-refractivity contribution < 1.29 is 9.59 Å². The first kappa shape index (κ1) is 14.0. The molecule has 0 spiro atoms. The summed E-state index contributed by atoms with van der Waals surface area (Å²) < 4.78 is 0. The molecule has 1 rings (SSSR count). The summed E-state index contributed by atoms with van der Waals surface area (Å²) in [6.07, 6.45) is 0.841. The van der Waals surface area contributed by atoms with E-state index in [9.17, 15) is 9.59 Å². The molecule has 1 heterocycles. The van der Waals surface area contributed by atoms with E-state index in [0.29, 0.717) is 6.54 Å². The Bertz CT molecular complexity index is 302. The van der Waals surface area contributed by atoms with E-state index in [2.05, 4.69) is 10.6 Å². The van der Waals surface area contributed by atoms with Crippen molar-refractivity contribution in [2.75, 3.05) is 19.6 Å². The summed E-state index contributed by atoms with van der Waals surface area (Å²) in [5.74, 6) is 0.0717. The molecule has 1 aliphatic heterocycles. The Morgan fingerprint density at radius 1 is 1.41 bits per heavy atom. The first-order valence-electron chi connectivity index (χ1n) is 6.18. The molecule has 98 valence electrons. The van der Waals surface area contributed by atoms with Crippen LogP contribution in [0.15, 0.2) is 0 Å². The molecule has 17 heavy (non-hydrogen) atoms. The third-order valence-electron chi connectivity index (χ3n) is 3.04. The standard InChI is InChI=1S/C12H23N3O2/c1-5-13-12(3,4)11(17)15-7-6-10(8-15)14-9(2)16/h10,13H,5-8H2,1-4H3,(H,14,16). The highest BCUT2D eigenvalue weighted by Gasteiger charge is 2.35. The predicted molar refractivity (Wildman–Crippen MR) is 66.6 cm³/mol. The van der Waals surface area contributed by atoms with Crippen molar-refractivity contribution in [3.63, 3.8) is 0 Å². The average molecular weight is 241 g/mol. The Labute approximate surface area is 103 Å². The van der Waals surface area contributed by atoms with Gasteiger partial charge in [-0.2, -0.15) is 0 Å². The van der Waals surface area contributed by atoms with E-state index in [0.717, 1.165) is 19.5 Å². The molecule has 1 fully saturated rings. The van der Waals surface area contributed by atoms with Gasteiger partial charge in [-0.25, -0.2) is 0 Å². The number of likely N-dealkylation sites (tertiary alicyclic amines) is 1. The number of amides is 2. The fraction of sp³-hybridized carbons (Fsp3) is 0.833. The van der Waals surface area contributed by atoms with Crippen LogP contribution in [-0.4, -0.2) is 47.9 Å². The molecule has 2 N–H and O–H groups in total. The molecular formula is C12H23N3O2. The van der Waals surface area contributed by atoms with E-state index in [1.807, 2.05) is 25.7 Å². The van der Waals surface area contributed by atoms with E-state index in [1.54, 1.807) is 0 Å². The van der Waals surface area contributed by atoms with Crippen LogP contribution in [0.4, 0.5) is 0 Å². The number of nitrogens with one attached hydrogen (secondary N) is 2. The number of nitrogens with zero attached hydrogens (tertiary/aromatic N) is 1. The Kier molecular flexibility index (Phi) is 4.51. The normalized spacial score (nSPS) is 20.5. The van der Waals surface area contributed by atoms with Gasteiger partial charge in [-0.3, -0.25) is 9.59 Å². The van der Waals surface area contributed by atoms with Gasteiger partial charge in [0.05, 0.1) is 5.54 Å². The van der Waals surface area contributed by atoms with Gasteiger partial charge in [-0.05, 0) is 26.8 Å². The van der Waals surface area contributed by atoms with Gasteiger partial charge < -0.3 is 15.5 Å². The maximum absolute atomic E-state index is 12.2. The largest absolute Gasteiger partial charge is 0.352 e. The van der Waals surface area contributed by atoms with E-state index in [-0.39, 0.29) is 17.9 Å². The summed E-state index contributed by atoms with van der Waals surface area (Å²) in [4.78, 5) is 25.0. The van der Waals surface area contributed by atoms with Gasteiger partial charge in [0.15, 0.2) is 0 Å². The molecule has 0 aromatic heterocycles. The van der Waals surface area contributed by atoms with Crippen LogP contribution in [0.1, 0.15) is 34.1 Å². The molecule has 1 aliphatic rings. The SMILES string of the molecule is CCNC(C)(C)C(=O)N1CCC(NC(C)=O)C1. The zero-order chi connectivity index (χ0) is 13.1. The summed E-state index contributed by atoms with van der Waals surface area (Å²) >= 11 is 0. The minimum absolute atomic E-state index is 0.0322. The average Bonchev–Trinajstić information content (AvgIpc) is 2.63. The summed E-state index contributed by atoms with van der Waals surface area (Å²) in [7, 11) is 0. The lowest BCUT2D eigenvalue weighted by atomic mass is 10.0. The fourth-order valence-electron chi connectivity index (χ4n) is 2.26. The number of rotatable bonds is 4. The lowest BCUT2D eigenvalue weighted by molar-refractivity contribution is -0.136. The van der Waals surface area contributed by atoms with Gasteiger partial charge in [0.1, 0.15) is 0 Å². The number of likely N-dealkylation sites (N-methyl/N-ethyl adjacent to an activating group) is 1. The van der Waals surface area contributed by atoms with E-state index in [4.69, 9.17) is 0 Å². The quantitative estimate of drug-likeness (QED) is 0.734. The topological polar surface area (TPSA) is 61.4 Å². The van der Waals surface area contributed by atoms with Crippen LogP contribution < -0.4 is 10.6 Å². The smallest absolute Gasteiger partial charge is 0.242 e. The second-order valence-electron chi connectivity index (χ2n) is 5.09. The maximum atomic E-state index is 12.2. The second-order valence-corrected chi connectivity index (χ2v) is 5.09. The molecule has 0 aliphatic carbocycles. The van der Waals surface area contributed by atoms with Crippen molar-refractivity contribution in [3.8, 4) is 0 Å². The first-order chi connectivity index (χ1) is 7.86. The van der Waals surface area contributed by atoms with E-state index in [1.165, 1.54) is 6.92 Å². The zero-order valence-electron chi connectivity index (χ0n) is 11.2. The van der Waals surface area contributed by atoms with Crippen molar-refractivity contribution in [2.45, 2.75) is 45.7 Å². The van der Waals surface area contributed by atoms with Crippen LogP contribution >= 0.6 is 0 Å². The lowest BCUT2D eigenvalue weighted by Crippen LogP contribution is -2.54. The summed E-state index contributed by atoms with van der Waals surface area (Å²) in [5, 5.41) is 6.03. The fourth-order valence-corrected chi connectivity index (χ4v) is 2.26. The highest BCUT2D eigenvalue weighted by molar-refractivity contribution is 5.86. The third kappa shape index (κ3) is 3.70. The van der Waals surface area contributed by atoms with Gasteiger partial charge in [-0.15, -0.1) is 0 Å². The van der Waals surface area contributed by atoms with Crippen LogP contribution in [0.2, 0.25) is 0 Å². The molecule has 1 atom stereocenters. The lowest BCUT2D eigenvalue weighted by Gasteiger charge is -2.30. The molecule has 0 radical (unpaired) electrons. The Morgan fingerprint density at radius 3 is 2.59 bits per heavy atom. The number of carbonyl (C=O) groups is 2. The van der Waals surface area contributed by atoms with Crippen LogP contribution in [-0.2, 0) is 9.59 Å². The van der Waals surface area contributed by atoms with Crippen molar-refractivity contribution in [3.05, 3.63) is 0 Å². The van der Waals surface area contributed by atoms with E-state index < -0.39 is 5.54 Å². The molecule has 0 aromatic carbocycles. The van der Waals surface area contributed by atoms with Gasteiger partial charge in [0.2, 0.25) is 11.8 Å². The minimum Gasteiger partial charge on any atom is -0.352 e. The van der Waals surface area contributed by atoms with Crippen molar-refractivity contribution in [1.82, 2.24) is 15.5 Å². The molecule has 2 amide bonds. The Hall–Kier alpha value is -1.10. The summed E-state index contributed by atoms with van der Waals surface area (Å²) in [5.41, 5.74) is -0.528. The second kappa shape index (κ2) is 5.49. The predicted octanol–water partition coefficient (Wildman–Crippen LogP) is 0.112. The Morgan fingerprint density at radius 2 is 2.06 bits per heavy atom. The van der Waals surface area contributed by atoms with Gasteiger partial charge in [0.25, 0.3) is 0 Å². The monoisotopic (exact) mass is 241 g/mol. The molecule has 0 saturated carbocycles. The summed E-state index contributed by atoms with van der Waals surface area (Å²) in [6, 6.07) is 0.105. The number of hydrogen-bond acceptors (Lipinski definition) is 3. The molecular weight excluding hydrogens is 218 g/mol. The van der Waals surface area contributed by atoms with Gasteiger partial charge in [0, 0.05) is 26.1 Å². The zero-order valence-corrected chi connectivity index (χ0v) is 11.2. The van der Waals surface area contributed by atoms with Crippen LogP contribution in [0, 0.1) is 0 Å². The first-order valence-corrected chi connectivity index (χ1v) is 6.18. The molecule has 1 saturated heterocycles. The van der Waals surface area contributed by atoms with E-state index >= 15 is 0 Å². The van der Waals surface area contributed by atoms with Gasteiger partial charge in [-0.1, -0.05) is 6.92 Å². The van der Waals surface area contributed by atoms with Crippen LogP contribution in [0.5, 0.6) is 0 Å². The molecule has 5 heteroatoms. The van der Waals surface area contributed by atoms with Crippen molar-refractivity contribution in [1.29, 1.82) is 0 Å².